The van der Waals surface area contributed by atoms with Crippen LogP contribution in [0.4, 0.5) is 37.7 Å². The number of hydrogen-bond donors (Lipinski definition) is 1. The zero-order valence-corrected chi connectivity index (χ0v) is 27.9. The van der Waals surface area contributed by atoms with Gasteiger partial charge in [-0.25, -0.2) is 4.98 Å². The quantitative estimate of drug-likeness (QED) is 0.150. The third-order valence-electron chi connectivity index (χ3n) is 8.69. The minimum absolute atomic E-state index is 0.112. The summed E-state index contributed by atoms with van der Waals surface area (Å²) in [6.45, 7) is 8.29. The molecular weight excluding hydrogens is 675 g/mol. The molecule has 0 spiro atoms. The van der Waals surface area contributed by atoms with Crippen LogP contribution in [0, 0.1) is 0 Å². The van der Waals surface area contributed by atoms with Gasteiger partial charge in [0, 0.05) is 11.4 Å². The second-order valence-electron chi connectivity index (χ2n) is 13.2. The SMILES string of the molecule is CC1(C)CCCC(C)(C)N1N=c1cc2n(-c3ccc(Cl)c(C(F)(F)F)c3)c3ccccc3nc-2cc1Nc1ccc(Cl)c(C(F)(F)F)c1. The van der Waals surface area contributed by atoms with Crippen LogP contribution in [0.3, 0.4) is 0 Å². The minimum Gasteiger partial charge on any atom is -0.354 e. The van der Waals surface area contributed by atoms with Crippen LogP contribution in [0.1, 0.15) is 58.1 Å². The molecule has 2 aliphatic heterocycles. The van der Waals surface area contributed by atoms with E-state index >= 15 is 0 Å². The highest BCUT2D eigenvalue weighted by molar-refractivity contribution is 6.31. The monoisotopic (exact) mass is 705 g/mol. The Bertz CT molecular complexity index is 2050. The molecular formula is C35H31Cl2F6N5. The topological polar surface area (TPSA) is 45.5 Å². The Labute approximate surface area is 283 Å². The van der Waals surface area contributed by atoms with Crippen molar-refractivity contribution >= 4 is 45.6 Å². The summed E-state index contributed by atoms with van der Waals surface area (Å²) < 4.78 is 85.1. The van der Waals surface area contributed by atoms with Gasteiger partial charge < -0.3 is 9.88 Å². The lowest BCUT2D eigenvalue weighted by Gasteiger charge is -2.51. The molecule has 1 saturated heterocycles. The number of hydrogen-bond acceptors (Lipinski definition) is 4. The van der Waals surface area contributed by atoms with Gasteiger partial charge in [0.25, 0.3) is 0 Å². The van der Waals surface area contributed by atoms with E-state index in [1.807, 2.05) is 5.01 Å². The molecule has 0 radical (unpaired) electrons. The molecule has 5 nitrogen and oxygen atoms in total. The Morgan fingerprint density at radius 1 is 0.771 bits per heavy atom. The van der Waals surface area contributed by atoms with Crippen LogP contribution in [-0.4, -0.2) is 25.6 Å². The van der Waals surface area contributed by atoms with Crippen molar-refractivity contribution in [2.75, 3.05) is 5.32 Å². The first kappa shape index (κ1) is 33.9. The Hall–Kier alpha value is -3.96. The average molecular weight is 707 g/mol. The van der Waals surface area contributed by atoms with E-state index < -0.39 is 33.5 Å². The molecule has 13 heteroatoms. The van der Waals surface area contributed by atoms with Crippen molar-refractivity contribution in [2.45, 2.75) is 70.4 Å². The van der Waals surface area contributed by atoms with Gasteiger partial charge in [-0.15, -0.1) is 0 Å². The molecule has 252 valence electrons. The highest BCUT2D eigenvalue weighted by atomic mass is 35.5. The summed E-state index contributed by atoms with van der Waals surface area (Å²) in [6.07, 6.45) is -6.72. The maximum absolute atomic E-state index is 14.0. The summed E-state index contributed by atoms with van der Waals surface area (Å²) in [4.78, 5) is 4.81. The Morgan fingerprint density at radius 3 is 2.02 bits per heavy atom. The Kier molecular flexibility index (Phi) is 8.39. The summed E-state index contributed by atoms with van der Waals surface area (Å²) >= 11 is 11.9. The van der Waals surface area contributed by atoms with E-state index in [1.54, 1.807) is 41.0 Å². The number of benzene rings is 4. The smallest absolute Gasteiger partial charge is 0.354 e. The van der Waals surface area contributed by atoms with Crippen LogP contribution in [0.25, 0.3) is 28.1 Å². The number of halogens is 8. The molecule has 2 heterocycles. The van der Waals surface area contributed by atoms with E-state index in [1.165, 1.54) is 24.3 Å². The standard InChI is InChI=1S/C35H31Cl2F6N5/c1-32(2)14-7-15-33(3,4)48(32)46-28-19-31-29(18-27(28)44-20-10-12-24(36)22(16-20)34(38,39)40)45-26-8-5-6-9-30(26)47(31)21-11-13-25(37)23(17-21)35(41,42)43/h5-6,8-13,16-19,44H,7,14-15H2,1-4H3. The Balaban J connectivity index is 1.68. The maximum Gasteiger partial charge on any atom is 0.417 e. The van der Waals surface area contributed by atoms with E-state index in [0.717, 1.165) is 31.4 Å². The molecule has 1 fully saturated rings. The van der Waals surface area contributed by atoms with E-state index in [0.29, 0.717) is 33.5 Å². The van der Waals surface area contributed by atoms with Gasteiger partial charge in [-0.2, -0.15) is 31.4 Å². The number of para-hydroxylation sites is 2. The largest absolute Gasteiger partial charge is 0.417 e. The predicted octanol–water partition coefficient (Wildman–Crippen LogP) is 11.1. The molecule has 3 aromatic carbocycles. The first-order valence-corrected chi connectivity index (χ1v) is 15.9. The van der Waals surface area contributed by atoms with Crippen LogP contribution in [0.5, 0.6) is 0 Å². The third kappa shape index (κ3) is 6.42. The fourth-order valence-corrected chi connectivity index (χ4v) is 6.96. The first-order chi connectivity index (χ1) is 22.3. The fourth-order valence-electron chi connectivity index (χ4n) is 6.51. The van der Waals surface area contributed by atoms with Crippen LogP contribution < -0.4 is 10.7 Å². The molecule has 0 unspecified atom stereocenters. The molecule has 0 saturated carbocycles. The second-order valence-corrected chi connectivity index (χ2v) is 14.0. The second kappa shape index (κ2) is 11.9. The van der Waals surface area contributed by atoms with Crippen LogP contribution >= 0.6 is 23.2 Å². The van der Waals surface area contributed by atoms with Crippen molar-refractivity contribution < 1.29 is 26.3 Å². The number of anilines is 2. The van der Waals surface area contributed by atoms with Crippen molar-refractivity contribution in [3.8, 4) is 17.1 Å². The number of fused-ring (bicyclic) bond motifs is 2. The van der Waals surface area contributed by atoms with Crippen molar-refractivity contribution in [1.29, 1.82) is 0 Å². The van der Waals surface area contributed by atoms with Crippen molar-refractivity contribution in [3.63, 3.8) is 0 Å². The maximum atomic E-state index is 14.0. The van der Waals surface area contributed by atoms with Gasteiger partial charge in [0.2, 0.25) is 0 Å². The minimum atomic E-state index is -4.71. The van der Waals surface area contributed by atoms with Crippen LogP contribution in [-0.2, 0) is 12.4 Å². The van der Waals surface area contributed by atoms with Crippen molar-refractivity contribution in [3.05, 3.63) is 99.3 Å². The molecule has 0 bridgehead atoms. The predicted molar refractivity (Wildman–Crippen MR) is 177 cm³/mol. The highest BCUT2D eigenvalue weighted by Crippen LogP contribution is 2.41. The van der Waals surface area contributed by atoms with Gasteiger partial charge in [0.05, 0.1) is 60.4 Å². The lowest BCUT2D eigenvalue weighted by molar-refractivity contribution is -0.138. The number of piperidine rings is 1. The molecule has 3 aliphatic rings. The van der Waals surface area contributed by atoms with E-state index in [4.69, 9.17) is 33.3 Å². The molecule has 48 heavy (non-hydrogen) atoms. The summed E-state index contributed by atoms with van der Waals surface area (Å²) in [5.74, 6) is 0. The molecule has 1 aliphatic carbocycles. The normalized spacial score (nSPS) is 16.9. The van der Waals surface area contributed by atoms with Crippen molar-refractivity contribution in [2.24, 2.45) is 5.10 Å². The zero-order valence-electron chi connectivity index (χ0n) is 26.4. The van der Waals surface area contributed by atoms with E-state index in [-0.39, 0.29) is 22.5 Å². The zero-order chi connectivity index (χ0) is 34.8. The average Bonchev–Trinajstić information content (AvgIpc) is 2.98. The van der Waals surface area contributed by atoms with Gasteiger partial charge in [-0.1, -0.05) is 35.3 Å². The fraction of sp³-hybridized carbons (Fsp3) is 0.314. The third-order valence-corrected chi connectivity index (χ3v) is 9.35. The molecule has 6 rings (SSSR count). The van der Waals surface area contributed by atoms with Crippen LogP contribution in [0.2, 0.25) is 10.0 Å². The molecule has 3 aromatic rings. The van der Waals surface area contributed by atoms with Gasteiger partial charge in [0.1, 0.15) is 5.36 Å². The molecule has 0 atom stereocenters. The number of rotatable bonds is 4. The lowest BCUT2D eigenvalue weighted by Crippen LogP contribution is -2.56. The lowest BCUT2D eigenvalue weighted by atomic mass is 9.82. The summed E-state index contributed by atoms with van der Waals surface area (Å²) in [7, 11) is 0. The number of nitrogens with zero attached hydrogens (tertiary/aromatic N) is 4. The van der Waals surface area contributed by atoms with Gasteiger partial charge in [0.15, 0.2) is 0 Å². The number of aromatic nitrogens is 2. The number of nitrogens with one attached hydrogen (secondary N) is 1. The first-order valence-electron chi connectivity index (χ1n) is 15.2. The van der Waals surface area contributed by atoms with E-state index in [2.05, 4.69) is 33.0 Å². The molecule has 0 aromatic heterocycles. The van der Waals surface area contributed by atoms with Gasteiger partial charge in [-0.05, 0) is 108 Å². The van der Waals surface area contributed by atoms with E-state index in [9.17, 15) is 26.3 Å². The summed E-state index contributed by atoms with van der Waals surface area (Å²) in [6, 6.07) is 17.5. The molecule has 1 N–H and O–H groups in total. The summed E-state index contributed by atoms with van der Waals surface area (Å²) in [5, 5.41) is 9.70. The van der Waals surface area contributed by atoms with Gasteiger partial charge in [-0.3, -0.25) is 5.01 Å². The molecule has 0 amide bonds. The highest BCUT2D eigenvalue weighted by Gasteiger charge is 2.41. The Morgan fingerprint density at radius 2 is 1.38 bits per heavy atom. The number of alkyl halides is 6. The van der Waals surface area contributed by atoms with Gasteiger partial charge >= 0.3 is 12.4 Å². The summed E-state index contributed by atoms with van der Waals surface area (Å²) in [5.41, 5.74) is -0.324. The van der Waals surface area contributed by atoms with Crippen LogP contribution in [0.15, 0.2) is 77.9 Å². The van der Waals surface area contributed by atoms with Crippen molar-refractivity contribution in [1.82, 2.24) is 14.6 Å².